The molecule has 5 rings (SSSR count). The quantitative estimate of drug-likeness (QED) is 0.349. The Bertz CT molecular complexity index is 1190. The maximum atomic E-state index is 5.75. The molecule has 3 heteroatoms. The lowest BCUT2D eigenvalue weighted by molar-refractivity contribution is 0.572. The van der Waals surface area contributed by atoms with Crippen LogP contribution < -0.4 is 0 Å². The van der Waals surface area contributed by atoms with E-state index in [-0.39, 0.29) is 0 Å². The van der Waals surface area contributed by atoms with Crippen molar-refractivity contribution in [1.29, 1.82) is 0 Å². The zero-order chi connectivity index (χ0) is 19.5. The van der Waals surface area contributed by atoms with Crippen molar-refractivity contribution in [2.45, 2.75) is 6.54 Å². The minimum absolute atomic E-state index is 0.709. The first-order chi connectivity index (χ1) is 14.4. The lowest BCUT2D eigenvalue weighted by Gasteiger charge is -2.13. The molecule has 0 amide bonds. The predicted octanol–water partition coefficient (Wildman–Crippen LogP) is 6.53. The third-order valence-electron chi connectivity index (χ3n) is 4.99. The number of imidazole rings is 1. The molecular formula is C26H20N2O. The highest BCUT2D eigenvalue weighted by atomic mass is 16.3. The monoisotopic (exact) mass is 376 g/mol. The number of rotatable bonds is 5. The van der Waals surface area contributed by atoms with Gasteiger partial charge in [0.25, 0.3) is 0 Å². The van der Waals surface area contributed by atoms with Crippen LogP contribution in [0.1, 0.15) is 5.56 Å². The van der Waals surface area contributed by atoms with E-state index in [4.69, 9.17) is 9.40 Å². The molecule has 0 spiro atoms. The Morgan fingerprint density at radius 3 is 1.90 bits per heavy atom. The summed E-state index contributed by atoms with van der Waals surface area (Å²) in [7, 11) is 0. The van der Waals surface area contributed by atoms with Crippen LogP contribution in [0, 0.1) is 0 Å². The maximum Gasteiger partial charge on any atom is 0.177 e. The fourth-order valence-electron chi connectivity index (χ4n) is 3.65. The summed E-state index contributed by atoms with van der Waals surface area (Å²) in [5, 5.41) is 0. The molecular weight excluding hydrogens is 356 g/mol. The molecule has 2 aromatic heterocycles. The topological polar surface area (TPSA) is 31.0 Å². The maximum absolute atomic E-state index is 5.75. The van der Waals surface area contributed by atoms with Crippen molar-refractivity contribution in [3.63, 3.8) is 0 Å². The van der Waals surface area contributed by atoms with Crippen molar-refractivity contribution in [2.24, 2.45) is 0 Å². The number of benzene rings is 3. The van der Waals surface area contributed by atoms with Crippen LogP contribution in [-0.4, -0.2) is 9.55 Å². The minimum Gasteiger partial charge on any atom is -0.461 e. The van der Waals surface area contributed by atoms with Gasteiger partial charge in [0.15, 0.2) is 11.6 Å². The lowest BCUT2D eigenvalue weighted by Crippen LogP contribution is -2.04. The number of aromatic nitrogens is 2. The van der Waals surface area contributed by atoms with E-state index in [9.17, 15) is 0 Å². The number of furan rings is 1. The van der Waals surface area contributed by atoms with Crippen LogP contribution in [0.3, 0.4) is 0 Å². The van der Waals surface area contributed by atoms with E-state index in [1.54, 1.807) is 6.26 Å². The van der Waals surface area contributed by atoms with Gasteiger partial charge in [-0.05, 0) is 17.7 Å². The smallest absolute Gasteiger partial charge is 0.177 e. The van der Waals surface area contributed by atoms with E-state index in [2.05, 4.69) is 65.2 Å². The highest BCUT2D eigenvalue weighted by molar-refractivity contribution is 5.81. The molecule has 0 saturated carbocycles. The van der Waals surface area contributed by atoms with Gasteiger partial charge >= 0.3 is 0 Å². The molecule has 29 heavy (non-hydrogen) atoms. The molecule has 0 aliphatic carbocycles. The molecule has 0 bridgehead atoms. The Hall–Kier alpha value is -3.85. The van der Waals surface area contributed by atoms with Gasteiger partial charge < -0.3 is 8.98 Å². The summed E-state index contributed by atoms with van der Waals surface area (Å²) in [5.74, 6) is 1.59. The van der Waals surface area contributed by atoms with E-state index in [0.717, 1.165) is 34.1 Å². The number of hydrogen-bond acceptors (Lipinski definition) is 2. The number of nitrogens with zero attached hydrogens (tertiary/aromatic N) is 2. The first kappa shape index (κ1) is 17.3. The second-order valence-corrected chi connectivity index (χ2v) is 6.91. The minimum atomic E-state index is 0.709. The van der Waals surface area contributed by atoms with Crippen molar-refractivity contribution in [3.8, 4) is 34.1 Å². The largest absolute Gasteiger partial charge is 0.461 e. The van der Waals surface area contributed by atoms with Crippen LogP contribution in [0.25, 0.3) is 34.1 Å². The molecule has 0 atom stereocenters. The van der Waals surface area contributed by atoms with Gasteiger partial charge in [0.2, 0.25) is 0 Å². The van der Waals surface area contributed by atoms with Crippen LogP contribution >= 0.6 is 0 Å². The summed E-state index contributed by atoms with van der Waals surface area (Å²) >= 11 is 0. The normalized spacial score (nSPS) is 10.9. The Morgan fingerprint density at radius 1 is 0.655 bits per heavy atom. The summed E-state index contributed by atoms with van der Waals surface area (Å²) in [4.78, 5) is 5.06. The average molecular weight is 376 g/mol. The predicted molar refractivity (Wildman–Crippen MR) is 116 cm³/mol. The Labute approximate surface area is 169 Å². The highest BCUT2D eigenvalue weighted by Gasteiger charge is 2.22. The SMILES string of the molecule is c1ccc(Cn2c(-c3ccco3)nc(-c3ccccc3)c2-c2ccccc2)cc1. The summed E-state index contributed by atoms with van der Waals surface area (Å²) in [5.41, 5.74) is 5.49. The molecule has 0 aliphatic heterocycles. The summed E-state index contributed by atoms with van der Waals surface area (Å²) in [6.45, 7) is 0.709. The lowest BCUT2D eigenvalue weighted by atomic mass is 10.0. The highest BCUT2D eigenvalue weighted by Crippen LogP contribution is 2.36. The molecule has 0 radical (unpaired) electrons. The van der Waals surface area contributed by atoms with Gasteiger partial charge in [-0.15, -0.1) is 0 Å². The third kappa shape index (κ3) is 3.39. The second-order valence-electron chi connectivity index (χ2n) is 6.91. The van der Waals surface area contributed by atoms with Gasteiger partial charge in [0.1, 0.15) is 0 Å². The molecule has 5 aromatic rings. The Morgan fingerprint density at radius 2 is 1.28 bits per heavy atom. The molecule has 3 nitrogen and oxygen atoms in total. The van der Waals surface area contributed by atoms with Crippen LogP contribution in [0.4, 0.5) is 0 Å². The summed E-state index contributed by atoms with van der Waals surface area (Å²) in [6.07, 6.45) is 1.70. The van der Waals surface area contributed by atoms with Crippen LogP contribution in [0.15, 0.2) is 114 Å². The van der Waals surface area contributed by atoms with Crippen LogP contribution in [0.2, 0.25) is 0 Å². The molecule has 3 aromatic carbocycles. The first-order valence-corrected chi connectivity index (χ1v) is 9.69. The van der Waals surface area contributed by atoms with Gasteiger partial charge in [-0.3, -0.25) is 0 Å². The molecule has 2 heterocycles. The van der Waals surface area contributed by atoms with Crippen molar-refractivity contribution < 1.29 is 4.42 Å². The molecule has 0 unspecified atom stereocenters. The fraction of sp³-hybridized carbons (Fsp3) is 0.0385. The van der Waals surface area contributed by atoms with Crippen LogP contribution in [-0.2, 0) is 6.54 Å². The van der Waals surface area contributed by atoms with Crippen molar-refractivity contribution in [3.05, 3.63) is 115 Å². The summed E-state index contributed by atoms with van der Waals surface area (Å²) < 4.78 is 8.01. The fourth-order valence-corrected chi connectivity index (χ4v) is 3.65. The molecule has 0 N–H and O–H groups in total. The van der Waals surface area contributed by atoms with Gasteiger partial charge in [-0.2, -0.15) is 0 Å². The molecule has 140 valence electrons. The van der Waals surface area contributed by atoms with Crippen molar-refractivity contribution in [2.75, 3.05) is 0 Å². The number of hydrogen-bond donors (Lipinski definition) is 0. The van der Waals surface area contributed by atoms with Crippen molar-refractivity contribution in [1.82, 2.24) is 9.55 Å². The van der Waals surface area contributed by atoms with Gasteiger partial charge in [0.05, 0.1) is 17.7 Å². The third-order valence-corrected chi connectivity index (χ3v) is 4.99. The average Bonchev–Trinajstić information content (AvgIpc) is 3.44. The van der Waals surface area contributed by atoms with Crippen molar-refractivity contribution >= 4 is 0 Å². The Balaban J connectivity index is 1.79. The zero-order valence-electron chi connectivity index (χ0n) is 15.9. The van der Waals surface area contributed by atoms with E-state index >= 15 is 0 Å². The van der Waals surface area contributed by atoms with Crippen LogP contribution in [0.5, 0.6) is 0 Å². The zero-order valence-corrected chi connectivity index (χ0v) is 15.9. The van der Waals surface area contributed by atoms with E-state index in [0.29, 0.717) is 6.54 Å². The molecule has 0 aliphatic rings. The standard InChI is InChI=1S/C26H20N2O/c1-4-11-20(12-5-1)19-28-25(22-15-8-3-9-16-22)24(21-13-6-2-7-14-21)27-26(28)23-17-10-18-29-23/h1-18H,19H2. The van der Waals surface area contributed by atoms with E-state index in [1.807, 2.05) is 42.5 Å². The van der Waals surface area contributed by atoms with E-state index < -0.39 is 0 Å². The second kappa shape index (κ2) is 7.64. The molecule has 0 fully saturated rings. The summed E-state index contributed by atoms with van der Waals surface area (Å²) in [6, 6.07) is 35.1. The molecule has 0 saturated heterocycles. The Kier molecular flexibility index (Phi) is 4.55. The first-order valence-electron chi connectivity index (χ1n) is 9.69. The van der Waals surface area contributed by atoms with Gasteiger partial charge in [-0.25, -0.2) is 4.98 Å². The van der Waals surface area contributed by atoms with E-state index in [1.165, 1.54) is 5.56 Å². The van der Waals surface area contributed by atoms with Gasteiger partial charge in [0, 0.05) is 17.7 Å². The van der Waals surface area contributed by atoms with Gasteiger partial charge in [-0.1, -0.05) is 91.0 Å².